The van der Waals surface area contributed by atoms with Crippen molar-refractivity contribution in [2.24, 2.45) is 0 Å². The molecule has 0 spiro atoms. The first-order chi connectivity index (χ1) is 10.8. The number of hydrogen-bond acceptors (Lipinski definition) is 4. The summed E-state index contributed by atoms with van der Waals surface area (Å²) in [4.78, 5) is 0.0870. The van der Waals surface area contributed by atoms with E-state index in [9.17, 15) is 12.8 Å². The smallest absolute Gasteiger partial charge is 0.244 e. The van der Waals surface area contributed by atoms with Crippen LogP contribution in [0.15, 0.2) is 41.6 Å². The van der Waals surface area contributed by atoms with Crippen molar-refractivity contribution in [3.63, 3.8) is 0 Å². The number of aromatic nitrogens is 2. The largest absolute Gasteiger partial charge is 0.489 e. The van der Waals surface area contributed by atoms with Gasteiger partial charge in [-0.2, -0.15) is 5.10 Å². The molecule has 0 fully saturated rings. The molecular weight excluding hydrogens is 321 g/mol. The van der Waals surface area contributed by atoms with E-state index in [2.05, 4.69) is 9.82 Å². The van der Waals surface area contributed by atoms with Crippen molar-refractivity contribution >= 4 is 10.0 Å². The van der Waals surface area contributed by atoms with Gasteiger partial charge in [-0.05, 0) is 32.9 Å². The number of hydrogen-bond donors (Lipinski definition) is 1. The quantitative estimate of drug-likeness (QED) is 0.839. The summed E-state index contributed by atoms with van der Waals surface area (Å²) < 4.78 is 47.3. The average molecular weight is 341 g/mol. The van der Waals surface area contributed by atoms with Crippen LogP contribution >= 0.6 is 0 Å². The summed E-state index contributed by atoms with van der Waals surface area (Å²) >= 11 is 0. The molecule has 0 bridgehead atoms. The lowest BCUT2D eigenvalue weighted by molar-refractivity contribution is 0.274. The molecule has 0 saturated heterocycles. The maximum Gasteiger partial charge on any atom is 0.244 e. The zero-order valence-electron chi connectivity index (χ0n) is 13.2. The second-order valence-electron chi connectivity index (χ2n) is 5.51. The predicted octanol–water partition coefficient (Wildman–Crippen LogP) is 2.35. The van der Waals surface area contributed by atoms with Gasteiger partial charge >= 0.3 is 0 Å². The minimum atomic E-state index is -3.69. The molecule has 0 radical (unpaired) electrons. The summed E-state index contributed by atoms with van der Waals surface area (Å²) in [5, 5.41) is 4.01. The van der Waals surface area contributed by atoms with Crippen molar-refractivity contribution in [1.29, 1.82) is 0 Å². The minimum absolute atomic E-state index is 0.0124. The first kappa shape index (κ1) is 17.4. The highest BCUT2D eigenvalue weighted by atomic mass is 32.2. The van der Waals surface area contributed by atoms with Crippen molar-refractivity contribution in [3.8, 4) is 5.75 Å². The monoisotopic (exact) mass is 341 g/mol. The molecule has 0 amide bonds. The van der Waals surface area contributed by atoms with Crippen molar-refractivity contribution < 1.29 is 17.5 Å². The van der Waals surface area contributed by atoms with E-state index in [4.69, 9.17) is 4.74 Å². The molecule has 8 heteroatoms. The lowest BCUT2D eigenvalue weighted by Crippen LogP contribution is -2.36. The van der Waals surface area contributed by atoms with Crippen molar-refractivity contribution in [3.05, 3.63) is 42.5 Å². The molecule has 1 N–H and O–H groups in total. The summed E-state index contributed by atoms with van der Waals surface area (Å²) in [6.07, 6.45) is 2.77. The van der Waals surface area contributed by atoms with Gasteiger partial charge in [0.15, 0.2) is 11.6 Å². The average Bonchev–Trinajstić information content (AvgIpc) is 2.97. The fourth-order valence-corrected chi connectivity index (χ4v) is 3.05. The molecule has 1 atom stereocenters. The van der Waals surface area contributed by atoms with Gasteiger partial charge in [-0.1, -0.05) is 12.1 Å². The lowest BCUT2D eigenvalue weighted by Gasteiger charge is -2.15. The van der Waals surface area contributed by atoms with Crippen LogP contribution in [-0.2, 0) is 10.0 Å². The molecule has 23 heavy (non-hydrogen) atoms. The van der Waals surface area contributed by atoms with Crippen LogP contribution in [0, 0.1) is 5.82 Å². The van der Waals surface area contributed by atoms with E-state index in [1.165, 1.54) is 24.5 Å². The van der Waals surface area contributed by atoms with Gasteiger partial charge in [0, 0.05) is 12.2 Å². The third-order valence-corrected chi connectivity index (χ3v) is 4.64. The topological polar surface area (TPSA) is 73.2 Å². The van der Waals surface area contributed by atoms with Gasteiger partial charge in [-0.15, -0.1) is 0 Å². The Balaban J connectivity index is 1.98. The van der Waals surface area contributed by atoms with Crippen LogP contribution in [0.4, 0.5) is 4.39 Å². The van der Waals surface area contributed by atoms with Gasteiger partial charge in [-0.3, -0.25) is 4.68 Å². The van der Waals surface area contributed by atoms with Crippen molar-refractivity contribution in [1.82, 2.24) is 14.5 Å². The van der Waals surface area contributed by atoms with Crippen LogP contribution in [0.25, 0.3) is 0 Å². The van der Waals surface area contributed by atoms with Crippen LogP contribution in [0.1, 0.15) is 26.8 Å². The summed E-state index contributed by atoms with van der Waals surface area (Å²) in [5.74, 6) is -0.396. The Bertz CT molecular complexity index is 759. The summed E-state index contributed by atoms with van der Waals surface area (Å²) in [7, 11) is -3.69. The Hall–Kier alpha value is -1.93. The number of para-hydroxylation sites is 1. The Morgan fingerprint density at radius 2 is 2.00 bits per heavy atom. The van der Waals surface area contributed by atoms with E-state index in [0.717, 1.165) is 0 Å². The van der Waals surface area contributed by atoms with E-state index in [1.807, 2.05) is 13.8 Å². The van der Waals surface area contributed by atoms with Gasteiger partial charge in [0.2, 0.25) is 10.0 Å². The number of sulfonamides is 1. The Kier molecular flexibility index (Phi) is 5.38. The van der Waals surface area contributed by atoms with Gasteiger partial charge in [0.25, 0.3) is 0 Å². The first-order valence-corrected chi connectivity index (χ1v) is 8.71. The SMILES string of the molecule is CC(COc1ccccc1F)NS(=O)(=O)c1cnn(C(C)C)c1. The number of nitrogens with one attached hydrogen (secondary N) is 1. The predicted molar refractivity (Wildman–Crippen MR) is 84.3 cm³/mol. The molecule has 1 unspecified atom stereocenters. The van der Waals surface area contributed by atoms with Crippen molar-refractivity contribution in [2.75, 3.05) is 6.61 Å². The molecule has 6 nitrogen and oxygen atoms in total. The third-order valence-electron chi connectivity index (χ3n) is 3.10. The second kappa shape index (κ2) is 7.10. The number of rotatable bonds is 7. The second-order valence-corrected chi connectivity index (χ2v) is 7.23. The minimum Gasteiger partial charge on any atom is -0.489 e. The number of benzene rings is 1. The fraction of sp³-hybridized carbons (Fsp3) is 0.400. The number of ether oxygens (including phenoxy) is 1. The van der Waals surface area contributed by atoms with Crippen molar-refractivity contribution in [2.45, 2.75) is 37.8 Å². The molecule has 1 heterocycles. The number of nitrogens with zero attached hydrogens (tertiary/aromatic N) is 2. The fourth-order valence-electron chi connectivity index (χ4n) is 1.89. The molecule has 1 aromatic carbocycles. The standard InChI is InChI=1S/C15H20FN3O3S/c1-11(2)19-9-13(8-17-19)23(20,21)18-12(3)10-22-15-7-5-4-6-14(15)16/h4-9,11-12,18H,10H2,1-3H3. The molecule has 0 aliphatic carbocycles. The van der Waals surface area contributed by atoms with Gasteiger partial charge in [-0.25, -0.2) is 17.5 Å². The molecule has 1 aromatic heterocycles. The Morgan fingerprint density at radius 1 is 1.30 bits per heavy atom. The van der Waals surface area contributed by atoms with Crippen LogP contribution in [0.3, 0.4) is 0 Å². The van der Waals surface area contributed by atoms with E-state index >= 15 is 0 Å². The Labute approximate surface area is 135 Å². The third kappa shape index (κ3) is 4.52. The molecule has 0 aliphatic heterocycles. The summed E-state index contributed by atoms with van der Waals surface area (Å²) in [5.41, 5.74) is 0. The van der Waals surface area contributed by atoms with E-state index in [-0.39, 0.29) is 23.3 Å². The Morgan fingerprint density at radius 3 is 2.61 bits per heavy atom. The lowest BCUT2D eigenvalue weighted by atomic mass is 10.3. The highest BCUT2D eigenvalue weighted by Gasteiger charge is 2.20. The molecule has 126 valence electrons. The molecule has 0 aliphatic rings. The van der Waals surface area contributed by atoms with Gasteiger partial charge < -0.3 is 4.74 Å². The zero-order chi connectivity index (χ0) is 17.0. The van der Waals surface area contributed by atoms with E-state index in [0.29, 0.717) is 0 Å². The van der Waals surface area contributed by atoms with E-state index < -0.39 is 21.9 Å². The van der Waals surface area contributed by atoms with Gasteiger partial charge in [0.1, 0.15) is 11.5 Å². The van der Waals surface area contributed by atoms with Crippen LogP contribution in [0.2, 0.25) is 0 Å². The summed E-state index contributed by atoms with van der Waals surface area (Å²) in [6.45, 7) is 5.47. The highest BCUT2D eigenvalue weighted by molar-refractivity contribution is 7.89. The molecular formula is C15H20FN3O3S. The highest BCUT2D eigenvalue weighted by Crippen LogP contribution is 2.16. The molecule has 0 saturated carbocycles. The van der Waals surface area contributed by atoms with Crippen LogP contribution < -0.4 is 9.46 Å². The van der Waals surface area contributed by atoms with Crippen LogP contribution in [-0.4, -0.2) is 30.8 Å². The normalized spacial score (nSPS) is 13.3. The first-order valence-electron chi connectivity index (χ1n) is 7.23. The number of halogens is 1. The van der Waals surface area contributed by atoms with Gasteiger partial charge in [0.05, 0.1) is 12.2 Å². The maximum absolute atomic E-state index is 13.4. The maximum atomic E-state index is 13.4. The van der Waals surface area contributed by atoms with Crippen LogP contribution in [0.5, 0.6) is 5.75 Å². The molecule has 2 aromatic rings. The van der Waals surface area contributed by atoms with E-state index in [1.54, 1.807) is 23.7 Å². The zero-order valence-corrected chi connectivity index (χ0v) is 14.0. The summed E-state index contributed by atoms with van der Waals surface area (Å²) in [6, 6.07) is 5.52. The molecule has 2 rings (SSSR count).